The molecule has 0 atom stereocenters. The van der Waals surface area contributed by atoms with Crippen molar-refractivity contribution in [3.8, 4) is 5.75 Å². The number of benzene rings is 1. The van der Waals surface area contributed by atoms with Crippen LogP contribution in [-0.4, -0.2) is 66.6 Å². The molecular formula is C18H27N3O2. The highest BCUT2D eigenvalue weighted by atomic mass is 16.3. The molecule has 1 aromatic rings. The van der Waals surface area contributed by atoms with Crippen LogP contribution in [0.1, 0.15) is 30.7 Å². The van der Waals surface area contributed by atoms with Gasteiger partial charge in [-0.2, -0.15) is 0 Å². The summed E-state index contributed by atoms with van der Waals surface area (Å²) in [6.45, 7) is 6.53. The lowest BCUT2D eigenvalue weighted by Gasteiger charge is -2.33. The van der Waals surface area contributed by atoms with Crippen molar-refractivity contribution in [3.63, 3.8) is 0 Å². The number of nitrogens with zero attached hydrogens (tertiary/aromatic N) is 2. The van der Waals surface area contributed by atoms with Gasteiger partial charge in [0.05, 0.1) is 0 Å². The van der Waals surface area contributed by atoms with Crippen molar-refractivity contribution in [1.29, 1.82) is 0 Å². The van der Waals surface area contributed by atoms with Gasteiger partial charge in [0.2, 0.25) is 5.91 Å². The highest BCUT2D eigenvalue weighted by Gasteiger charge is 2.22. The fraction of sp³-hybridized carbons (Fsp3) is 0.611. The zero-order valence-corrected chi connectivity index (χ0v) is 13.7. The smallest absolute Gasteiger partial charge is 0.223 e. The number of nitrogens with one attached hydrogen (secondary N) is 1. The molecule has 2 saturated heterocycles. The Bertz CT molecular complexity index is 504. The maximum absolute atomic E-state index is 12.2. The van der Waals surface area contributed by atoms with Crippen molar-refractivity contribution in [3.05, 3.63) is 29.8 Å². The van der Waals surface area contributed by atoms with Gasteiger partial charge in [-0.25, -0.2) is 0 Å². The molecule has 2 aliphatic heterocycles. The standard InChI is InChI=1S/C18H27N3O2/c22-17-3-1-15(2-4-17)16-5-10-20(11-6-16)12-7-18(23)21-13-8-19-9-14-21/h1-4,16,19,22H,5-14H2. The first kappa shape index (κ1) is 16.3. The molecule has 0 bridgehead atoms. The van der Waals surface area contributed by atoms with E-state index < -0.39 is 0 Å². The second-order valence-electron chi connectivity index (χ2n) is 6.59. The zero-order valence-electron chi connectivity index (χ0n) is 13.7. The zero-order chi connectivity index (χ0) is 16.1. The van der Waals surface area contributed by atoms with Gasteiger partial charge in [-0.05, 0) is 49.5 Å². The Morgan fingerprint density at radius 3 is 2.39 bits per heavy atom. The minimum Gasteiger partial charge on any atom is -0.508 e. The number of hydrogen-bond acceptors (Lipinski definition) is 4. The van der Waals surface area contributed by atoms with Crippen molar-refractivity contribution in [2.45, 2.75) is 25.2 Å². The molecule has 0 spiro atoms. The molecule has 2 fully saturated rings. The summed E-state index contributed by atoms with van der Waals surface area (Å²) >= 11 is 0. The molecule has 2 N–H and O–H groups in total. The first-order valence-corrected chi connectivity index (χ1v) is 8.72. The number of hydrogen-bond donors (Lipinski definition) is 2. The Kier molecular flexibility index (Phi) is 5.51. The van der Waals surface area contributed by atoms with Crippen LogP contribution in [0.2, 0.25) is 0 Å². The molecule has 2 heterocycles. The van der Waals surface area contributed by atoms with Gasteiger partial charge in [-0.1, -0.05) is 12.1 Å². The van der Waals surface area contributed by atoms with Gasteiger partial charge < -0.3 is 20.2 Å². The van der Waals surface area contributed by atoms with Gasteiger partial charge >= 0.3 is 0 Å². The summed E-state index contributed by atoms with van der Waals surface area (Å²) in [5, 5.41) is 12.7. The molecule has 0 radical (unpaired) electrons. The van der Waals surface area contributed by atoms with Crippen LogP contribution in [0, 0.1) is 0 Å². The fourth-order valence-electron chi connectivity index (χ4n) is 3.56. The third-order valence-corrected chi connectivity index (χ3v) is 5.06. The second-order valence-corrected chi connectivity index (χ2v) is 6.59. The molecule has 5 nitrogen and oxygen atoms in total. The number of piperidine rings is 1. The van der Waals surface area contributed by atoms with Crippen molar-refractivity contribution in [1.82, 2.24) is 15.1 Å². The Labute approximate surface area is 138 Å². The number of carbonyl (C=O) groups is 1. The third kappa shape index (κ3) is 4.45. The van der Waals surface area contributed by atoms with Crippen LogP contribution in [0.4, 0.5) is 0 Å². The predicted octanol–water partition coefficient (Wildman–Crippen LogP) is 1.39. The average Bonchev–Trinajstić information content (AvgIpc) is 2.61. The summed E-state index contributed by atoms with van der Waals surface area (Å²) in [5.41, 5.74) is 1.32. The van der Waals surface area contributed by atoms with Gasteiger partial charge in [-0.3, -0.25) is 4.79 Å². The van der Waals surface area contributed by atoms with Crippen LogP contribution in [-0.2, 0) is 4.79 Å². The number of aromatic hydroxyl groups is 1. The Morgan fingerprint density at radius 1 is 1.09 bits per heavy atom. The average molecular weight is 317 g/mol. The first-order valence-electron chi connectivity index (χ1n) is 8.72. The van der Waals surface area contributed by atoms with Crippen molar-refractivity contribution >= 4 is 5.91 Å². The van der Waals surface area contributed by atoms with Gasteiger partial charge in [0.1, 0.15) is 5.75 Å². The molecular weight excluding hydrogens is 290 g/mol. The molecule has 0 aliphatic carbocycles. The molecule has 0 aromatic heterocycles. The number of carbonyl (C=O) groups excluding carboxylic acids is 1. The van der Waals surface area contributed by atoms with E-state index in [1.54, 1.807) is 12.1 Å². The maximum Gasteiger partial charge on any atom is 0.223 e. The van der Waals surface area contributed by atoms with Crippen LogP contribution < -0.4 is 5.32 Å². The normalized spacial score (nSPS) is 20.6. The van der Waals surface area contributed by atoms with E-state index in [0.717, 1.165) is 58.7 Å². The summed E-state index contributed by atoms with van der Waals surface area (Å²) in [5.74, 6) is 1.21. The van der Waals surface area contributed by atoms with Crippen LogP contribution in [0.15, 0.2) is 24.3 Å². The molecule has 0 saturated carbocycles. The highest BCUT2D eigenvalue weighted by Crippen LogP contribution is 2.29. The van der Waals surface area contributed by atoms with Gasteiger partial charge in [-0.15, -0.1) is 0 Å². The van der Waals surface area contributed by atoms with E-state index in [-0.39, 0.29) is 0 Å². The van der Waals surface area contributed by atoms with Crippen molar-refractivity contribution in [2.24, 2.45) is 0 Å². The van der Waals surface area contributed by atoms with Crippen LogP contribution in [0.3, 0.4) is 0 Å². The summed E-state index contributed by atoms with van der Waals surface area (Å²) in [6, 6.07) is 7.61. The molecule has 3 rings (SSSR count). The van der Waals surface area contributed by atoms with Gasteiger partial charge in [0.15, 0.2) is 0 Å². The van der Waals surface area contributed by atoms with Crippen LogP contribution >= 0.6 is 0 Å². The number of phenols is 1. The molecule has 5 heteroatoms. The minimum atomic E-state index is 0.298. The molecule has 23 heavy (non-hydrogen) atoms. The first-order chi connectivity index (χ1) is 11.2. The van der Waals surface area contributed by atoms with Gasteiger partial charge in [0.25, 0.3) is 0 Å². The quantitative estimate of drug-likeness (QED) is 0.881. The SMILES string of the molecule is O=C(CCN1CCC(c2ccc(O)cc2)CC1)N1CCNCC1. The minimum absolute atomic E-state index is 0.298. The highest BCUT2D eigenvalue weighted by molar-refractivity contribution is 5.76. The van der Waals surface area contributed by atoms with E-state index in [2.05, 4.69) is 10.2 Å². The summed E-state index contributed by atoms with van der Waals surface area (Å²) < 4.78 is 0. The summed E-state index contributed by atoms with van der Waals surface area (Å²) in [6.07, 6.45) is 2.91. The van der Waals surface area contributed by atoms with Crippen molar-refractivity contribution < 1.29 is 9.90 Å². The third-order valence-electron chi connectivity index (χ3n) is 5.06. The molecule has 1 amide bonds. The Balaban J connectivity index is 1.40. The van der Waals surface area contributed by atoms with Crippen molar-refractivity contribution in [2.75, 3.05) is 45.8 Å². The summed E-state index contributed by atoms with van der Waals surface area (Å²) in [7, 11) is 0. The number of rotatable bonds is 4. The number of likely N-dealkylation sites (tertiary alicyclic amines) is 1. The van der Waals surface area contributed by atoms with E-state index >= 15 is 0 Å². The largest absolute Gasteiger partial charge is 0.508 e. The molecule has 1 aromatic carbocycles. The lowest BCUT2D eigenvalue weighted by molar-refractivity contribution is -0.132. The fourth-order valence-corrected chi connectivity index (χ4v) is 3.56. The van der Waals surface area contributed by atoms with Gasteiger partial charge in [0, 0.05) is 39.1 Å². The van der Waals surface area contributed by atoms with E-state index in [0.29, 0.717) is 24.0 Å². The monoisotopic (exact) mass is 317 g/mol. The molecule has 0 unspecified atom stereocenters. The number of amides is 1. The van der Waals surface area contributed by atoms with E-state index in [1.807, 2.05) is 17.0 Å². The molecule has 2 aliphatic rings. The number of piperazine rings is 1. The topological polar surface area (TPSA) is 55.8 Å². The lowest BCUT2D eigenvalue weighted by Crippen LogP contribution is -2.47. The van der Waals surface area contributed by atoms with Crippen LogP contribution in [0.25, 0.3) is 0 Å². The second kappa shape index (κ2) is 7.79. The summed E-state index contributed by atoms with van der Waals surface area (Å²) in [4.78, 5) is 16.6. The molecule has 126 valence electrons. The lowest BCUT2D eigenvalue weighted by atomic mass is 9.89. The maximum atomic E-state index is 12.2. The number of phenolic OH excluding ortho intramolecular Hbond substituents is 1. The Morgan fingerprint density at radius 2 is 1.74 bits per heavy atom. The van der Waals surface area contributed by atoms with E-state index in [4.69, 9.17) is 0 Å². The van der Waals surface area contributed by atoms with E-state index in [1.165, 1.54) is 5.56 Å². The van der Waals surface area contributed by atoms with Crippen LogP contribution in [0.5, 0.6) is 5.75 Å². The Hall–Kier alpha value is -1.59. The predicted molar refractivity (Wildman–Crippen MR) is 90.6 cm³/mol. The van der Waals surface area contributed by atoms with E-state index in [9.17, 15) is 9.90 Å².